The van der Waals surface area contributed by atoms with Gasteiger partial charge in [0.25, 0.3) is 5.91 Å². The van der Waals surface area contributed by atoms with Gasteiger partial charge in [-0.3, -0.25) is 20.4 Å². The van der Waals surface area contributed by atoms with Crippen molar-refractivity contribution < 1.29 is 18.8 Å². The summed E-state index contributed by atoms with van der Waals surface area (Å²) in [7, 11) is 0. The first-order chi connectivity index (χ1) is 13.0. The largest absolute Gasteiger partial charge is 0.484 e. The zero-order valence-corrected chi connectivity index (χ0v) is 15.9. The van der Waals surface area contributed by atoms with Gasteiger partial charge in [-0.1, -0.05) is 50.9 Å². The molecule has 0 aliphatic carbocycles. The maximum atomic E-state index is 12.1. The Kier molecular flexibility index (Phi) is 5.87. The van der Waals surface area contributed by atoms with Gasteiger partial charge in [0, 0.05) is 16.1 Å². The average molecular weight is 430 g/mol. The van der Waals surface area contributed by atoms with Crippen LogP contribution in [0.4, 0.5) is 0 Å². The van der Waals surface area contributed by atoms with Gasteiger partial charge in [-0.05, 0) is 31.2 Å². The summed E-state index contributed by atoms with van der Waals surface area (Å²) in [6.07, 6.45) is 0. The predicted molar refractivity (Wildman–Crippen MR) is 102 cm³/mol. The van der Waals surface area contributed by atoms with Crippen molar-refractivity contribution in [3.63, 3.8) is 0 Å². The number of hydrazine groups is 1. The Balaban J connectivity index is 1.49. The highest BCUT2D eigenvalue weighted by Crippen LogP contribution is 2.19. The molecule has 27 heavy (non-hydrogen) atoms. The normalized spacial score (nSPS) is 10.3. The van der Waals surface area contributed by atoms with Crippen LogP contribution in [-0.4, -0.2) is 23.6 Å². The van der Waals surface area contributed by atoms with E-state index in [9.17, 15) is 9.59 Å². The lowest BCUT2D eigenvalue weighted by molar-refractivity contribution is -0.123. The van der Waals surface area contributed by atoms with Crippen molar-refractivity contribution in [1.82, 2.24) is 16.0 Å². The number of ether oxygens (including phenoxy) is 1. The molecule has 0 unspecified atom stereocenters. The predicted octanol–water partition coefficient (Wildman–Crippen LogP) is 3.25. The second kappa shape index (κ2) is 8.50. The minimum atomic E-state index is -0.613. The molecule has 2 N–H and O–H groups in total. The quantitative estimate of drug-likeness (QED) is 0.607. The Hall–Kier alpha value is -3.13. The molecule has 0 saturated heterocycles. The third-order valence-electron chi connectivity index (χ3n) is 3.58. The molecule has 1 aromatic heterocycles. The molecule has 0 saturated carbocycles. The number of nitrogens with zero attached hydrogens (tertiary/aromatic N) is 1. The molecule has 3 aromatic rings. The molecule has 0 aliphatic rings. The highest BCUT2D eigenvalue weighted by atomic mass is 79.9. The molecule has 7 nitrogen and oxygen atoms in total. The van der Waals surface area contributed by atoms with Crippen LogP contribution in [0.15, 0.2) is 63.6 Å². The van der Waals surface area contributed by atoms with Crippen molar-refractivity contribution in [2.24, 2.45) is 0 Å². The van der Waals surface area contributed by atoms with Crippen LogP contribution in [0.5, 0.6) is 5.75 Å². The van der Waals surface area contributed by atoms with E-state index >= 15 is 0 Å². The highest BCUT2D eigenvalue weighted by molar-refractivity contribution is 9.10. The van der Waals surface area contributed by atoms with Crippen LogP contribution in [0.2, 0.25) is 0 Å². The first-order valence-corrected chi connectivity index (χ1v) is 8.82. The van der Waals surface area contributed by atoms with Crippen molar-refractivity contribution in [2.45, 2.75) is 6.92 Å². The second-order valence-electron chi connectivity index (χ2n) is 5.69. The zero-order chi connectivity index (χ0) is 19.2. The van der Waals surface area contributed by atoms with Crippen LogP contribution in [0.3, 0.4) is 0 Å². The van der Waals surface area contributed by atoms with Gasteiger partial charge in [0.2, 0.25) is 5.76 Å². The Morgan fingerprint density at radius 3 is 2.48 bits per heavy atom. The molecule has 3 rings (SSSR count). The van der Waals surface area contributed by atoms with Crippen LogP contribution in [0.1, 0.15) is 16.1 Å². The van der Waals surface area contributed by atoms with Gasteiger partial charge in [0.05, 0.1) is 0 Å². The van der Waals surface area contributed by atoms with Crippen LogP contribution < -0.4 is 15.6 Å². The summed E-state index contributed by atoms with van der Waals surface area (Å²) < 4.78 is 11.3. The van der Waals surface area contributed by atoms with E-state index in [4.69, 9.17) is 9.26 Å². The van der Waals surface area contributed by atoms with Crippen molar-refractivity contribution in [2.75, 3.05) is 6.61 Å². The summed E-state index contributed by atoms with van der Waals surface area (Å²) in [5.41, 5.74) is 7.00. The van der Waals surface area contributed by atoms with Crippen molar-refractivity contribution in [3.05, 3.63) is 70.4 Å². The van der Waals surface area contributed by atoms with E-state index in [-0.39, 0.29) is 12.4 Å². The lowest BCUT2D eigenvalue weighted by Crippen LogP contribution is -2.43. The number of carbonyl (C=O) groups is 2. The molecular formula is C19H16BrN3O4. The van der Waals surface area contributed by atoms with E-state index in [1.165, 1.54) is 6.07 Å². The lowest BCUT2D eigenvalue weighted by Gasteiger charge is -2.07. The van der Waals surface area contributed by atoms with E-state index in [2.05, 4.69) is 31.9 Å². The molecule has 0 atom stereocenters. The van der Waals surface area contributed by atoms with Gasteiger partial charge in [-0.2, -0.15) is 0 Å². The number of amides is 2. The minimum Gasteiger partial charge on any atom is -0.484 e. The number of benzene rings is 2. The number of hydrogen-bond donors (Lipinski definition) is 2. The van der Waals surface area contributed by atoms with Gasteiger partial charge < -0.3 is 9.26 Å². The van der Waals surface area contributed by atoms with Crippen molar-refractivity contribution in [3.8, 4) is 17.0 Å². The number of carbonyl (C=O) groups excluding carboxylic acids is 2. The molecule has 0 aliphatic heterocycles. The minimum absolute atomic E-state index is 0.0142. The molecule has 0 radical (unpaired) electrons. The van der Waals surface area contributed by atoms with Gasteiger partial charge in [-0.25, -0.2) is 0 Å². The standard InChI is InChI=1S/C19H16BrN3O4/c1-12-2-4-13(5-3-12)16-10-17(27-23-16)19(25)22-21-18(24)11-26-15-8-6-14(20)7-9-15/h2-10H,11H2,1H3,(H,21,24)(H,22,25). The Morgan fingerprint density at radius 2 is 1.78 bits per heavy atom. The number of aryl methyl sites for hydroxylation is 1. The monoisotopic (exact) mass is 429 g/mol. The third kappa shape index (κ3) is 5.18. The molecular weight excluding hydrogens is 414 g/mol. The third-order valence-corrected chi connectivity index (χ3v) is 4.11. The zero-order valence-electron chi connectivity index (χ0n) is 14.4. The first kappa shape index (κ1) is 18.7. The number of aromatic nitrogens is 1. The first-order valence-electron chi connectivity index (χ1n) is 8.02. The maximum absolute atomic E-state index is 12.1. The molecule has 2 amide bonds. The number of halogens is 1. The van der Waals surface area contributed by atoms with Gasteiger partial charge in [-0.15, -0.1) is 0 Å². The van der Waals surface area contributed by atoms with E-state index in [0.29, 0.717) is 11.4 Å². The van der Waals surface area contributed by atoms with E-state index in [1.807, 2.05) is 31.2 Å². The molecule has 2 aromatic carbocycles. The molecule has 0 spiro atoms. The maximum Gasteiger partial charge on any atom is 0.308 e. The Morgan fingerprint density at radius 1 is 1.07 bits per heavy atom. The Bertz CT molecular complexity index is 936. The van der Waals surface area contributed by atoms with E-state index in [1.54, 1.807) is 24.3 Å². The van der Waals surface area contributed by atoms with Gasteiger partial charge in [0.1, 0.15) is 11.4 Å². The topological polar surface area (TPSA) is 93.5 Å². The SMILES string of the molecule is Cc1ccc(-c2cc(C(=O)NNC(=O)COc3ccc(Br)cc3)on2)cc1. The smallest absolute Gasteiger partial charge is 0.308 e. The fourth-order valence-corrected chi connectivity index (χ4v) is 2.41. The fourth-order valence-electron chi connectivity index (χ4n) is 2.15. The summed E-state index contributed by atoms with van der Waals surface area (Å²) in [5, 5.41) is 3.87. The van der Waals surface area contributed by atoms with Gasteiger partial charge in [0.15, 0.2) is 6.61 Å². The number of nitrogens with one attached hydrogen (secondary N) is 2. The number of hydrogen-bond acceptors (Lipinski definition) is 5. The molecule has 0 bridgehead atoms. The number of rotatable bonds is 5. The average Bonchev–Trinajstić information content (AvgIpc) is 3.16. The highest BCUT2D eigenvalue weighted by Gasteiger charge is 2.15. The Labute approximate surface area is 163 Å². The summed E-state index contributed by atoms with van der Waals surface area (Å²) >= 11 is 3.31. The second-order valence-corrected chi connectivity index (χ2v) is 6.60. The summed E-state index contributed by atoms with van der Waals surface area (Å²) in [6.45, 7) is 1.74. The summed E-state index contributed by atoms with van der Waals surface area (Å²) in [5.74, 6) is -0.597. The molecule has 1 heterocycles. The van der Waals surface area contributed by atoms with Crippen LogP contribution in [0, 0.1) is 6.92 Å². The molecule has 0 fully saturated rings. The van der Waals surface area contributed by atoms with Gasteiger partial charge >= 0.3 is 5.91 Å². The van der Waals surface area contributed by atoms with Crippen molar-refractivity contribution in [1.29, 1.82) is 0 Å². The van der Waals surface area contributed by atoms with Crippen LogP contribution >= 0.6 is 15.9 Å². The molecule has 138 valence electrons. The van der Waals surface area contributed by atoms with Crippen LogP contribution in [-0.2, 0) is 4.79 Å². The lowest BCUT2D eigenvalue weighted by atomic mass is 10.1. The van der Waals surface area contributed by atoms with E-state index < -0.39 is 11.8 Å². The van der Waals surface area contributed by atoms with Crippen LogP contribution in [0.25, 0.3) is 11.3 Å². The van der Waals surface area contributed by atoms with E-state index in [0.717, 1.165) is 15.6 Å². The summed E-state index contributed by atoms with van der Waals surface area (Å²) in [4.78, 5) is 23.8. The fraction of sp³-hybridized carbons (Fsp3) is 0.105. The summed E-state index contributed by atoms with van der Waals surface area (Å²) in [6, 6.07) is 16.2. The molecule has 8 heteroatoms. The van der Waals surface area contributed by atoms with Crippen molar-refractivity contribution >= 4 is 27.7 Å².